The van der Waals surface area contributed by atoms with E-state index in [1.54, 1.807) is 0 Å². The van der Waals surface area contributed by atoms with Crippen molar-refractivity contribution in [3.8, 4) is 0 Å². The quantitative estimate of drug-likeness (QED) is 0.437. The van der Waals surface area contributed by atoms with Crippen LogP contribution in [-0.2, 0) is 0 Å². The molecule has 0 aliphatic heterocycles. The minimum Gasteiger partial charge on any atom is -1.00 e. The van der Waals surface area contributed by atoms with E-state index in [2.05, 4.69) is 0 Å². The van der Waals surface area contributed by atoms with Crippen LogP contribution < -0.4 is 29.6 Å². The molecule has 0 radical (unpaired) electrons. The molecular weight excluding hydrogens is 95.1 g/mol. The topological polar surface area (TPSA) is 0 Å². The van der Waals surface area contributed by atoms with Gasteiger partial charge in [-0.25, -0.2) is 0 Å². The van der Waals surface area contributed by atoms with Gasteiger partial charge in [0.05, 0.1) is 0 Å². The van der Waals surface area contributed by atoms with Crippen molar-refractivity contribution in [2.75, 3.05) is 0 Å². The molecule has 0 fully saturated rings. The molecule has 0 rings (SSSR count). The number of hydrogen-bond donors (Lipinski definition) is 0. The van der Waals surface area contributed by atoms with Crippen molar-refractivity contribution < 1.29 is 36.7 Å². The Hall–Kier alpha value is 1.00. The summed E-state index contributed by atoms with van der Waals surface area (Å²) in [6, 6.07) is 0. The largest absolute Gasteiger partial charge is 1.00 e. The van der Waals surface area contributed by atoms with Gasteiger partial charge in [0.2, 0.25) is 0 Å². The van der Waals surface area contributed by atoms with Gasteiger partial charge in [0.15, 0.2) is 0 Å². The molecule has 58 valence electrons. The fourth-order valence-electron chi connectivity index (χ4n) is 0. The molecule has 0 unspecified atom stereocenters. The smallest absolute Gasteiger partial charge is 1.00 e. The monoisotopic (exact) mass is 128 g/mol. The molecule has 0 saturated heterocycles. The first-order valence-corrected chi connectivity index (χ1v) is 0. The van der Waals surface area contributed by atoms with Crippen LogP contribution in [-0.4, -0.2) is 0 Å². The summed E-state index contributed by atoms with van der Waals surface area (Å²) in [6.07, 6.45) is 0. The molecule has 0 aliphatic rings. The molecule has 0 aromatic carbocycles. The minimum absolute atomic E-state index is 0. The summed E-state index contributed by atoms with van der Waals surface area (Å²) in [7, 11) is 0. The summed E-state index contributed by atoms with van der Waals surface area (Å²) < 4.78 is 0. The van der Waals surface area contributed by atoms with E-state index in [0.29, 0.717) is 0 Å². The third kappa shape index (κ3) is 175. The van der Waals surface area contributed by atoms with Gasteiger partial charge in [0, 0.05) is 5.71 Å². The predicted octanol–water partition coefficient (Wildman–Crippen LogP) is 1.92. The van der Waals surface area contributed by atoms with Crippen molar-refractivity contribution in [2.45, 2.75) is 44.6 Å². The van der Waals surface area contributed by atoms with Crippen LogP contribution in [0.2, 0.25) is 0 Å². The SMILES string of the molecule is C.C.C.C.C.C.[H-].[HH].[HH].[HH].[HH].[Na+]. The van der Waals surface area contributed by atoms with E-state index in [4.69, 9.17) is 0 Å². The van der Waals surface area contributed by atoms with Crippen LogP contribution in [0.5, 0.6) is 0 Å². The Labute approximate surface area is 81.4 Å². The first-order valence-electron chi connectivity index (χ1n) is 0. The molecule has 0 aromatic rings. The van der Waals surface area contributed by atoms with Crippen LogP contribution in [0.15, 0.2) is 0 Å². The first-order chi connectivity index (χ1) is 0. The van der Waals surface area contributed by atoms with Crippen molar-refractivity contribution in [3.05, 3.63) is 0 Å². The third-order valence-electron chi connectivity index (χ3n) is 0. The number of hydrogen-bond acceptors (Lipinski definition) is 0. The Balaban J connectivity index is 0. The molecule has 0 aliphatic carbocycles. The Morgan fingerprint density at radius 1 is 0.571 bits per heavy atom. The average Bonchev–Trinajstić information content (AvgIpc) is 0. The zero-order valence-electron chi connectivity index (χ0n) is 2.00. The van der Waals surface area contributed by atoms with E-state index in [1.165, 1.54) is 0 Å². The zero-order valence-corrected chi connectivity index (χ0v) is 3.00. The van der Waals surface area contributed by atoms with Crippen LogP contribution in [0.4, 0.5) is 0 Å². The van der Waals surface area contributed by atoms with Crippen molar-refractivity contribution >= 4 is 0 Å². The molecule has 0 spiro atoms. The molecule has 1 heteroatoms. The standard InChI is InChI=1S/6CH4.Na.4H2.H/h6*1H4;;4*1H;/q;;;;;;+1;;;;;-1. The van der Waals surface area contributed by atoms with E-state index in [9.17, 15) is 0 Å². The van der Waals surface area contributed by atoms with E-state index in [1.807, 2.05) is 0 Å². The zero-order chi connectivity index (χ0) is 0. The molecular formula is C6H33Na. The van der Waals surface area contributed by atoms with E-state index < -0.39 is 0 Å². The van der Waals surface area contributed by atoms with Crippen LogP contribution in [0.3, 0.4) is 0 Å². The van der Waals surface area contributed by atoms with Gasteiger partial charge in [0.25, 0.3) is 0 Å². The van der Waals surface area contributed by atoms with E-state index >= 15 is 0 Å². The van der Waals surface area contributed by atoms with Gasteiger partial charge in [-0.3, -0.25) is 0 Å². The van der Waals surface area contributed by atoms with Gasteiger partial charge < -0.3 is 1.43 Å². The van der Waals surface area contributed by atoms with Gasteiger partial charge in [-0.05, 0) is 0 Å². The molecule has 0 N–H and O–H groups in total. The molecule has 0 heterocycles. The van der Waals surface area contributed by atoms with Crippen molar-refractivity contribution in [3.63, 3.8) is 0 Å². The second-order valence-electron chi connectivity index (χ2n) is 0. The Morgan fingerprint density at radius 3 is 0.571 bits per heavy atom. The predicted molar refractivity (Wildman–Crippen MR) is 50.0 cm³/mol. The van der Waals surface area contributed by atoms with Crippen LogP contribution in [0.1, 0.15) is 51.7 Å². The van der Waals surface area contributed by atoms with Gasteiger partial charge in [0.1, 0.15) is 0 Å². The fraction of sp³-hybridized carbons (Fsp3) is 1.00. The summed E-state index contributed by atoms with van der Waals surface area (Å²) in [5.74, 6) is 0. The fourth-order valence-corrected chi connectivity index (χ4v) is 0. The maximum atomic E-state index is 0. The summed E-state index contributed by atoms with van der Waals surface area (Å²) in [6.45, 7) is 0. The second kappa shape index (κ2) is 252. The molecule has 0 amide bonds. The van der Waals surface area contributed by atoms with Crippen LogP contribution >= 0.6 is 0 Å². The second-order valence-corrected chi connectivity index (χ2v) is 0. The molecule has 0 nitrogen and oxygen atoms in total. The average molecular weight is 128 g/mol. The summed E-state index contributed by atoms with van der Waals surface area (Å²) in [4.78, 5) is 0. The van der Waals surface area contributed by atoms with Gasteiger partial charge in [-0.15, -0.1) is 0 Å². The summed E-state index contributed by atoms with van der Waals surface area (Å²) in [5, 5.41) is 0. The molecule has 7 heavy (non-hydrogen) atoms. The van der Waals surface area contributed by atoms with Crippen molar-refractivity contribution in [2.24, 2.45) is 0 Å². The normalized spacial score (nSPS) is 0. The Bertz CT molecular complexity index is 15.9. The van der Waals surface area contributed by atoms with Crippen molar-refractivity contribution in [1.82, 2.24) is 0 Å². The van der Waals surface area contributed by atoms with E-state index in [0.717, 1.165) is 0 Å². The summed E-state index contributed by atoms with van der Waals surface area (Å²) in [5.41, 5.74) is 0. The molecule has 0 aromatic heterocycles. The maximum Gasteiger partial charge on any atom is 1.00 e. The minimum atomic E-state index is 0. The Morgan fingerprint density at radius 2 is 0.571 bits per heavy atom. The molecule has 0 bridgehead atoms. The molecule has 0 atom stereocenters. The first kappa shape index (κ1) is 392. The number of rotatable bonds is 0. The van der Waals surface area contributed by atoms with Crippen molar-refractivity contribution in [1.29, 1.82) is 0 Å². The van der Waals surface area contributed by atoms with Gasteiger partial charge >= 0.3 is 29.6 Å². The maximum absolute atomic E-state index is 0. The van der Waals surface area contributed by atoms with Gasteiger partial charge in [-0.1, -0.05) is 44.6 Å². The van der Waals surface area contributed by atoms with Gasteiger partial charge in [-0.2, -0.15) is 0 Å². The van der Waals surface area contributed by atoms with Crippen LogP contribution in [0.25, 0.3) is 0 Å². The van der Waals surface area contributed by atoms with Crippen LogP contribution in [0, 0.1) is 0 Å². The molecule has 0 saturated carbocycles. The third-order valence-corrected chi connectivity index (χ3v) is 0. The Kier molecular flexibility index (Phi) is 14100. The van der Waals surface area contributed by atoms with E-state index in [-0.39, 0.29) is 81.3 Å². The summed E-state index contributed by atoms with van der Waals surface area (Å²) >= 11 is 0.